The average molecular weight is 224 g/mol. The zero-order valence-corrected chi connectivity index (χ0v) is 9.34. The summed E-state index contributed by atoms with van der Waals surface area (Å²) in [4.78, 5) is 20.7. The SMILES string of the molecule is CC(C)N(CC(N)=O)c1ccnc(NN)n1. The van der Waals surface area contributed by atoms with Gasteiger partial charge in [0.05, 0.1) is 6.54 Å². The van der Waals surface area contributed by atoms with Gasteiger partial charge in [0.2, 0.25) is 11.9 Å². The number of anilines is 2. The highest BCUT2D eigenvalue weighted by Crippen LogP contribution is 2.14. The highest BCUT2D eigenvalue weighted by atomic mass is 16.1. The van der Waals surface area contributed by atoms with Gasteiger partial charge in [0.1, 0.15) is 5.82 Å². The van der Waals surface area contributed by atoms with Gasteiger partial charge >= 0.3 is 0 Å². The molecule has 1 aromatic heterocycles. The summed E-state index contributed by atoms with van der Waals surface area (Å²) in [5.74, 6) is 5.71. The molecular formula is C9H16N6O. The lowest BCUT2D eigenvalue weighted by Gasteiger charge is -2.26. The molecule has 0 aliphatic heterocycles. The number of rotatable bonds is 5. The molecule has 0 aliphatic carbocycles. The van der Waals surface area contributed by atoms with E-state index in [1.165, 1.54) is 0 Å². The Kier molecular flexibility index (Phi) is 4.01. The molecule has 0 bridgehead atoms. The molecule has 5 N–H and O–H groups in total. The third-order valence-corrected chi connectivity index (χ3v) is 2.01. The zero-order chi connectivity index (χ0) is 12.1. The van der Waals surface area contributed by atoms with E-state index in [0.29, 0.717) is 11.8 Å². The quantitative estimate of drug-likeness (QED) is 0.458. The predicted octanol–water partition coefficient (Wildman–Crippen LogP) is -0.538. The maximum absolute atomic E-state index is 10.9. The first-order valence-electron chi connectivity index (χ1n) is 4.89. The van der Waals surface area contributed by atoms with Gasteiger partial charge in [0, 0.05) is 12.2 Å². The zero-order valence-electron chi connectivity index (χ0n) is 9.34. The van der Waals surface area contributed by atoms with Gasteiger partial charge in [-0.2, -0.15) is 4.98 Å². The topological polar surface area (TPSA) is 110 Å². The van der Waals surface area contributed by atoms with Crippen molar-refractivity contribution in [2.24, 2.45) is 11.6 Å². The fourth-order valence-electron chi connectivity index (χ4n) is 1.27. The summed E-state index contributed by atoms with van der Waals surface area (Å²) in [6, 6.07) is 1.80. The first-order valence-corrected chi connectivity index (χ1v) is 4.89. The summed E-state index contributed by atoms with van der Waals surface area (Å²) in [5, 5.41) is 0. The van der Waals surface area contributed by atoms with E-state index in [1.807, 2.05) is 13.8 Å². The third-order valence-electron chi connectivity index (χ3n) is 2.01. The van der Waals surface area contributed by atoms with Crippen LogP contribution in [0, 0.1) is 0 Å². The first kappa shape index (κ1) is 12.2. The smallest absolute Gasteiger partial charge is 0.239 e. The van der Waals surface area contributed by atoms with Crippen molar-refractivity contribution in [3.8, 4) is 0 Å². The van der Waals surface area contributed by atoms with Crippen LogP contribution in [0.1, 0.15) is 13.8 Å². The Morgan fingerprint density at radius 2 is 2.31 bits per heavy atom. The number of hydrazine groups is 1. The van der Waals surface area contributed by atoms with Gasteiger partial charge in [-0.1, -0.05) is 0 Å². The van der Waals surface area contributed by atoms with E-state index in [2.05, 4.69) is 15.4 Å². The summed E-state index contributed by atoms with van der Waals surface area (Å²) in [6.45, 7) is 4.00. The molecule has 1 aromatic rings. The van der Waals surface area contributed by atoms with Crippen molar-refractivity contribution in [3.05, 3.63) is 12.3 Å². The molecule has 7 nitrogen and oxygen atoms in total. The summed E-state index contributed by atoms with van der Waals surface area (Å²) >= 11 is 0. The fourth-order valence-corrected chi connectivity index (χ4v) is 1.27. The molecular weight excluding hydrogens is 208 g/mol. The number of carbonyl (C=O) groups is 1. The van der Waals surface area contributed by atoms with E-state index >= 15 is 0 Å². The molecule has 0 aromatic carbocycles. The molecule has 1 heterocycles. The molecule has 0 saturated heterocycles. The maximum atomic E-state index is 10.9. The van der Waals surface area contributed by atoms with Crippen molar-refractivity contribution < 1.29 is 4.79 Å². The maximum Gasteiger partial charge on any atom is 0.239 e. The Bertz CT molecular complexity index is 367. The second kappa shape index (κ2) is 5.26. The Labute approximate surface area is 93.8 Å². The lowest BCUT2D eigenvalue weighted by atomic mass is 10.3. The number of nitrogens with two attached hydrogens (primary N) is 2. The van der Waals surface area contributed by atoms with Gasteiger partial charge in [-0.05, 0) is 19.9 Å². The number of hydrogen-bond acceptors (Lipinski definition) is 6. The number of nitrogens with one attached hydrogen (secondary N) is 1. The van der Waals surface area contributed by atoms with Gasteiger partial charge in [-0.15, -0.1) is 0 Å². The second-order valence-electron chi connectivity index (χ2n) is 3.57. The molecule has 0 fully saturated rings. The van der Waals surface area contributed by atoms with Crippen molar-refractivity contribution >= 4 is 17.7 Å². The van der Waals surface area contributed by atoms with Crippen LogP contribution in [0.2, 0.25) is 0 Å². The molecule has 88 valence electrons. The first-order chi connectivity index (χ1) is 7.54. The molecule has 0 atom stereocenters. The van der Waals surface area contributed by atoms with Crippen LogP contribution in [-0.4, -0.2) is 28.5 Å². The number of nitrogens with zero attached hydrogens (tertiary/aromatic N) is 3. The average Bonchev–Trinajstić information content (AvgIpc) is 2.25. The molecule has 0 saturated carbocycles. The van der Waals surface area contributed by atoms with Crippen LogP contribution in [0.25, 0.3) is 0 Å². The molecule has 1 rings (SSSR count). The Balaban J connectivity index is 2.95. The minimum absolute atomic E-state index is 0.105. The predicted molar refractivity (Wildman–Crippen MR) is 61.5 cm³/mol. The molecule has 0 spiro atoms. The number of hydrogen-bond donors (Lipinski definition) is 3. The summed E-state index contributed by atoms with van der Waals surface area (Å²) in [6.07, 6.45) is 1.56. The van der Waals surface area contributed by atoms with E-state index in [4.69, 9.17) is 11.6 Å². The normalized spacial score (nSPS) is 10.2. The molecule has 1 amide bonds. The van der Waals surface area contributed by atoms with E-state index in [1.54, 1.807) is 17.2 Å². The van der Waals surface area contributed by atoms with E-state index in [9.17, 15) is 4.79 Å². The third kappa shape index (κ3) is 3.06. The second-order valence-corrected chi connectivity index (χ2v) is 3.57. The van der Waals surface area contributed by atoms with Crippen molar-refractivity contribution in [1.82, 2.24) is 9.97 Å². The molecule has 7 heteroatoms. The van der Waals surface area contributed by atoms with Crippen LogP contribution in [0.15, 0.2) is 12.3 Å². The van der Waals surface area contributed by atoms with Crippen LogP contribution >= 0.6 is 0 Å². The highest BCUT2D eigenvalue weighted by Gasteiger charge is 2.14. The monoisotopic (exact) mass is 224 g/mol. The van der Waals surface area contributed by atoms with Crippen LogP contribution in [0.5, 0.6) is 0 Å². The molecule has 0 aliphatic rings. The summed E-state index contributed by atoms with van der Waals surface area (Å²) in [5.41, 5.74) is 7.52. The van der Waals surface area contributed by atoms with Gasteiger partial charge in [0.15, 0.2) is 0 Å². The Hall–Kier alpha value is -1.89. The van der Waals surface area contributed by atoms with E-state index < -0.39 is 5.91 Å². The number of nitrogen functional groups attached to an aromatic ring is 1. The fraction of sp³-hybridized carbons (Fsp3) is 0.444. The van der Waals surface area contributed by atoms with Crippen LogP contribution in [0.4, 0.5) is 11.8 Å². The number of carbonyl (C=O) groups excluding carboxylic acids is 1. The van der Waals surface area contributed by atoms with Crippen LogP contribution in [0.3, 0.4) is 0 Å². The number of primary amides is 1. The number of aromatic nitrogens is 2. The Morgan fingerprint density at radius 1 is 1.62 bits per heavy atom. The van der Waals surface area contributed by atoms with Gasteiger partial charge < -0.3 is 10.6 Å². The minimum Gasteiger partial charge on any atom is -0.368 e. The van der Waals surface area contributed by atoms with Gasteiger partial charge in [0.25, 0.3) is 0 Å². The Morgan fingerprint density at radius 3 is 2.81 bits per heavy atom. The van der Waals surface area contributed by atoms with Crippen molar-refractivity contribution in [2.45, 2.75) is 19.9 Å². The van der Waals surface area contributed by atoms with Gasteiger partial charge in [-0.25, -0.2) is 10.8 Å². The van der Waals surface area contributed by atoms with Crippen molar-refractivity contribution in [2.75, 3.05) is 16.9 Å². The van der Waals surface area contributed by atoms with Crippen molar-refractivity contribution in [1.29, 1.82) is 0 Å². The largest absolute Gasteiger partial charge is 0.368 e. The number of amides is 1. The minimum atomic E-state index is -0.408. The van der Waals surface area contributed by atoms with E-state index in [-0.39, 0.29) is 12.6 Å². The molecule has 0 radical (unpaired) electrons. The van der Waals surface area contributed by atoms with Crippen molar-refractivity contribution in [3.63, 3.8) is 0 Å². The summed E-state index contributed by atoms with van der Waals surface area (Å²) < 4.78 is 0. The van der Waals surface area contributed by atoms with E-state index in [0.717, 1.165) is 0 Å². The molecule has 16 heavy (non-hydrogen) atoms. The van der Waals surface area contributed by atoms with Crippen LogP contribution in [-0.2, 0) is 4.79 Å². The molecule has 0 unspecified atom stereocenters. The van der Waals surface area contributed by atoms with Gasteiger partial charge in [-0.3, -0.25) is 10.2 Å². The standard InChI is InChI=1S/C9H16N6O/c1-6(2)15(5-7(10)16)8-3-4-12-9(13-8)14-11/h3-4,6H,5,11H2,1-2H3,(H2,10,16)(H,12,13,14). The highest BCUT2D eigenvalue weighted by molar-refractivity contribution is 5.79. The lowest BCUT2D eigenvalue weighted by molar-refractivity contribution is -0.116. The summed E-state index contributed by atoms with van der Waals surface area (Å²) in [7, 11) is 0. The lowest BCUT2D eigenvalue weighted by Crippen LogP contribution is -2.39. The van der Waals surface area contributed by atoms with Crippen LogP contribution < -0.4 is 21.9 Å².